The quantitative estimate of drug-likeness (QED) is 0.259. The van der Waals surface area contributed by atoms with Gasteiger partial charge in [0.25, 0.3) is 0 Å². The summed E-state index contributed by atoms with van der Waals surface area (Å²) < 4.78 is 10.0. The highest BCUT2D eigenvalue weighted by molar-refractivity contribution is 6.35. The third-order valence-electron chi connectivity index (χ3n) is 1.22. The summed E-state index contributed by atoms with van der Waals surface area (Å²) in [4.78, 5) is 10.8. The van der Waals surface area contributed by atoms with Crippen molar-refractivity contribution in [3.05, 3.63) is 12.2 Å². The minimum Gasteiger partial charge on any atom is -0.467 e. The van der Waals surface area contributed by atoms with Crippen LogP contribution in [0.1, 0.15) is 13.8 Å². The van der Waals surface area contributed by atoms with Gasteiger partial charge in [0.15, 0.2) is 0 Å². The molecule has 0 N–H and O–H groups in total. The molecule has 0 aromatic rings. The van der Waals surface area contributed by atoms with Gasteiger partial charge in [0.05, 0.1) is 15.7 Å². The minimum absolute atomic E-state index is 0.293. The van der Waals surface area contributed by atoms with E-state index in [9.17, 15) is 4.79 Å². The lowest BCUT2D eigenvalue weighted by Gasteiger charge is -2.03. The second-order valence-corrected chi connectivity index (χ2v) is 3.99. The molecule has 0 aliphatic rings. The fourth-order valence-corrected chi connectivity index (χ4v) is 1.53. The highest BCUT2D eigenvalue weighted by Gasteiger charge is 2.01. The number of rotatable bonds is 6. The summed E-state index contributed by atoms with van der Waals surface area (Å²) in [5, 5.41) is 0. The fourth-order valence-electron chi connectivity index (χ4n) is 0.593. The Hall–Kier alpha value is -0.613. The summed E-state index contributed by atoms with van der Waals surface area (Å²) >= 11 is 0. The van der Waals surface area contributed by atoms with Gasteiger partial charge in [-0.15, -0.1) is 0 Å². The molecule has 12 heavy (non-hydrogen) atoms. The molecule has 0 bridgehead atoms. The summed E-state index contributed by atoms with van der Waals surface area (Å²) in [5.74, 6) is -0.293. The zero-order valence-corrected chi connectivity index (χ0v) is 9.17. The topological polar surface area (TPSA) is 35.5 Å². The summed E-state index contributed by atoms with van der Waals surface area (Å²) in [6.45, 7) is 7.82. The van der Waals surface area contributed by atoms with Gasteiger partial charge in [-0.05, 0) is 13.8 Å². The lowest BCUT2D eigenvalue weighted by Crippen LogP contribution is -2.15. The van der Waals surface area contributed by atoms with Crippen molar-refractivity contribution in [2.45, 2.75) is 13.8 Å². The van der Waals surface area contributed by atoms with Gasteiger partial charge in [-0.2, -0.15) is 0 Å². The molecule has 70 valence electrons. The van der Waals surface area contributed by atoms with E-state index >= 15 is 0 Å². The van der Waals surface area contributed by atoms with E-state index in [0.29, 0.717) is 11.8 Å². The van der Waals surface area contributed by atoms with Crippen molar-refractivity contribution in [3.8, 4) is 0 Å². The molecule has 0 aliphatic carbocycles. The molecule has 0 radical (unpaired) electrons. The molecule has 0 aromatic carbocycles. The summed E-state index contributed by atoms with van der Waals surface area (Å²) in [7, 11) is -0.381. The number of carbonyl (C=O) groups excluding carboxylic acids is 1. The molecule has 0 aromatic heterocycles. The number of ether oxygens (including phenoxy) is 2. The first kappa shape index (κ1) is 11.4. The van der Waals surface area contributed by atoms with Crippen LogP contribution >= 0.6 is 0 Å². The maximum absolute atomic E-state index is 10.8. The number of esters is 1. The van der Waals surface area contributed by atoms with Gasteiger partial charge in [-0.3, -0.25) is 0 Å². The molecule has 0 saturated heterocycles. The Morgan fingerprint density at radius 1 is 1.50 bits per heavy atom. The maximum atomic E-state index is 10.8. The highest BCUT2D eigenvalue weighted by Crippen LogP contribution is 1.90. The number of hydrogen-bond donors (Lipinski definition) is 0. The molecular formula is C8H16O3Si. The van der Waals surface area contributed by atoms with Crippen LogP contribution in [0.15, 0.2) is 12.2 Å². The van der Waals surface area contributed by atoms with Gasteiger partial charge < -0.3 is 9.47 Å². The molecule has 0 heterocycles. The lowest BCUT2D eigenvalue weighted by molar-refractivity contribution is -0.137. The average Bonchev–Trinajstić information content (AvgIpc) is 2.03. The molecule has 0 atom stereocenters. The van der Waals surface area contributed by atoms with Crippen LogP contribution in [0.25, 0.3) is 0 Å². The van der Waals surface area contributed by atoms with Crippen LogP contribution in [0.3, 0.4) is 0 Å². The van der Waals surface area contributed by atoms with Gasteiger partial charge in [0.1, 0.15) is 0 Å². The van der Waals surface area contributed by atoms with Crippen LogP contribution in [0.5, 0.6) is 0 Å². The summed E-state index contributed by atoms with van der Waals surface area (Å²) in [6.07, 6.45) is 1.33. The highest BCUT2D eigenvalue weighted by atomic mass is 28.2. The smallest absolute Gasteiger partial charge is 0.332 e. The largest absolute Gasteiger partial charge is 0.467 e. The van der Waals surface area contributed by atoms with E-state index in [1.165, 1.54) is 0 Å². The second kappa shape index (κ2) is 7.06. The molecule has 0 fully saturated rings. The Morgan fingerprint density at radius 3 is 2.67 bits per heavy atom. The van der Waals surface area contributed by atoms with Crippen LogP contribution < -0.4 is 0 Å². The van der Waals surface area contributed by atoms with Crippen LogP contribution in [0.2, 0.25) is 0 Å². The normalized spacial score (nSPS) is 10.5. The minimum atomic E-state index is -0.381. The van der Waals surface area contributed by atoms with Gasteiger partial charge in [0.2, 0.25) is 0 Å². The van der Waals surface area contributed by atoms with Gasteiger partial charge in [0, 0.05) is 18.4 Å². The average molecular weight is 188 g/mol. The van der Waals surface area contributed by atoms with E-state index in [4.69, 9.17) is 9.47 Å². The van der Waals surface area contributed by atoms with Crippen molar-refractivity contribution < 1.29 is 14.3 Å². The number of hydrogen-bond acceptors (Lipinski definition) is 3. The molecule has 0 amide bonds. The van der Waals surface area contributed by atoms with Crippen molar-refractivity contribution >= 4 is 15.5 Å². The molecule has 0 unspecified atom stereocenters. The Kier molecular flexibility index (Phi) is 6.70. The molecule has 0 rings (SSSR count). The van der Waals surface area contributed by atoms with E-state index in [2.05, 4.69) is 6.58 Å². The SMILES string of the molecule is C=C(C)C(=O)OC[SiH2]COCC. The summed E-state index contributed by atoms with van der Waals surface area (Å²) in [5.41, 5.74) is 0.459. The first-order valence-corrected chi connectivity index (χ1v) is 6.08. The molecule has 0 spiro atoms. The predicted molar refractivity (Wildman–Crippen MR) is 50.8 cm³/mol. The molecule has 4 heteroatoms. The zero-order chi connectivity index (χ0) is 9.40. The maximum Gasteiger partial charge on any atom is 0.332 e. The Morgan fingerprint density at radius 2 is 2.17 bits per heavy atom. The third-order valence-corrected chi connectivity index (χ3v) is 2.29. The number of carbonyl (C=O) groups is 1. The Bertz CT molecular complexity index is 156. The van der Waals surface area contributed by atoms with Gasteiger partial charge in [-0.1, -0.05) is 6.58 Å². The monoisotopic (exact) mass is 188 g/mol. The predicted octanol–water partition coefficient (Wildman–Crippen LogP) is 0.226. The van der Waals surface area contributed by atoms with Crippen LogP contribution in [0.4, 0.5) is 0 Å². The van der Waals surface area contributed by atoms with Crippen LogP contribution in [0, 0.1) is 0 Å². The first-order valence-electron chi connectivity index (χ1n) is 4.08. The fraction of sp³-hybridized carbons (Fsp3) is 0.625. The van der Waals surface area contributed by atoms with E-state index in [1.54, 1.807) is 6.92 Å². The van der Waals surface area contributed by atoms with Crippen molar-refractivity contribution in [2.75, 3.05) is 19.1 Å². The second-order valence-electron chi connectivity index (χ2n) is 2.47. The first-order chi connectivity index (χ1) is 5.68. The van der Waals surface area contributed by atoms with Crippen LogP contribution in [-0.2, 0) is 14.3 Å². The van der Waals surface area contributed by atoms with Gasteiger partial charge in [-0.25, -0.2) is 4.79 Å². The van der Waals surface area contributed by atoms with Crippen molar-refractivity contribution in [3.63, 3.8) is 0 Å². The van der Waals surface area contributed by atoms with E-state index < -0.39 is 0 Å². The Labute approximate surface area is 75.6 Å². The van der Waals surface area contributed by atoms with E-state index in [-0.39, 0.29) is 15.5 Å². The van der Waals surface area contributed by atoms with Crippen molar-refractivity contribution in [1.29, 1.82) is 0 Å². The third kappa shape index (κ3) is 6.12. The van der Waals surface area contributed by atoms with Crippen molar-refractivity contribution in [2.24, 2.45) is 0 Å². The molecule has 3 nitrogen and oxygen atoms in total. The summed E-state index contributed by atoms with van der Waals surface area (Å²) in [6, 6.07) is 0. The van der Waals surface area contributed by atoms with E-state index in [1.807, 2.05) is 6.92 Å². The Balaban J connectivity index is 3.20. The van der Waals surface area contributed by atoms with Crippen molar-refractivity contribution in [1.82, 2.24) is 0 Å². The van der Waals surface area contributed by atoms with Crippen LogP contribution in [-0.4, -0.2) is 34.6 Å². The lowest BCUT2D eigenvalue weighted by atomic mass is 10.4. The zero-order valence-electron chi connectivity index (χ0n) is 7.76. The molecule has 0 aliphatic heterocycles. The molecular weight excluding hydrogens is 172 g/mol. The molecule has 0 saturated carbocycles. The van der Waals surface area contributed by atoms with Gasteiger partial charge >= 0.3 is 5.97 Å². The standard InChI is InChI=1S/C8H16O3Si/c1-4-10-5-12-6-11-8(9)7(2)3/h2,4-6,12H2,1,3H3. The van der Waals surface area contributed by atoms with E-state index in [0.717, 1.165) is 12.8 Å².